The highest BCUT2D eigenvalue weighted by Crippen LogP contribution is 2.75. The SMILES string of the molecule is CC(=O)O[C@@H]1CC[C@]2(C)[C@H](CC[C@]3(C)[C@@H]2C(=O)C=C2[C@H]4C[C@@](C)(C(=O)Nc5cccc([NH+]([O-])O)c5)CC[C@]4(C)CC[C@@]23C)C1(C)C. The van der Waals surface area contributed by atoms with Crippen LogP contribution < -0.4 is 10.5 Å². The highest BCUT2D eigenvalue weighted by Gasteiger charge is 2.70. The fourth-order valence-electron chi connectivity index (χ4n) is 11.8. The number of carbonyl (C=O) groups excluding carboxylic acids is 3. The smallest absolute Gasteiger partial charge is 0.302 e. The minimum atomic E-state index is -1.03. The molecule has 3 N–H and O–H groups in total. The fraction of sp³-hybridized carbons (Fsp3) is 0.711. The van der Waals surface area contributed by atoms with E-state index in [2.05, 4.69) is 46.9 Å². The predicted octanol–water partition coefficient (Wildman–Crippen LogP) is 6.94. The first-order chi connectivity index (χ1) is 21.3. The summed E-state index contributed by atoms with van der Waals surface area (Å²) in [5.41, 5.74) is 0.472. The molecule has 0 radical (unpaired) electrons. The molecule has 8 nitrogen and oxygen atoms in total. The van der Waals surface area contributed by atoms with Gasteiger partial charge in [-0.05, 0) is 103 Å². The van der Waals surface area contributed by atoms with Gasteiger partial charge in [0.05, 0.1) is 0 Å². The van der Waals surface area contributed by atoms with Crippen LogP contribution in [0.25, 0.3) is 0 Å². The van der Waals surface area contributed by atoms with Crippen molar-refractivity contribution >= 4 is 29.0 Å². The average Bonchev–Trinajstić information content (AvgIpc) is 2.96. The topological polar surface area (TPSA) is 120 Å². The molecule has 5 aliphatic rings. The Kier molecular flexibility index (Phi) is 7.78. The Morgan fingerprint density at radius 3 is 2.35 bits per heavy atom. The maximum absolute atomic E-state index is 14.7. The number of anilines is 1. The Balaban J connectivity index is 1.33. The van der Waals surface area contributed by atoms with E-state index in [4.69, 9.17) is 4.74 Å². The van der Waals surface area contributed by atoms with Crippen molar-refractivity contribution in [3.63, 3.8) is 0 Å². The van der Waals surface area contributed by atoms with Crippen molar-refractivity contribution in [1.29, 1.82) is 0 Å². The quantitative estimate of drug-likeness (QED) is 0.244. The summed E-state index contributed by atoms with van der Waals surface area (Å²) < 4.78 is 5.86. The van der Waals surface area contributed by atoms with E-state index in [0.29, 0.717) is 12.1 Å². The Morgan fingerprint density at radius 1 is 0.978 bits per heavy atom. The van der Waals surface area contributed by atoms with Gasteiger partial charge < -0.3 is 15.3 Å². The standard InChI is InChI=1S/C38H54N2O6/c1-23(41)46-30-13-14-36(6)29(33(30,2)3)12-15-38(8)31(36)28(42)21-26-27-22-35(5,17-16-34(27,4)18-19-37(26,38)7)32(43)39-24-10-9-11-25(20-24)40(44)45/h9-11,20-21,27,29-31,40,44H,12-19,22H2,1-8H3,(H,39,43)/t27-,29-,30-,31-,34-,35+,36-,37+,38-/m1/s1. The van der Waals surface area contributed by atoms with Crippen LogP contribution in [0.1, 0.15) is 113 Å². The van der Waals surface area contributed by atoms with Crippen molar-refractivity contribution in [1.82, 2.24) is 0 Å². The van der Waals surface area contributed by atoms with Crippen LogP contribution in [0.4, 0.5) is 11.4 Å². The van der Waals surface area contributed by atoms with Crippen molar-refractivity contribution in [3.05, 3.63) is 41.1 Å². The normalized spacial score (nSPS) is 43.5. The summed E-state index contributed by atoms with van der Waals surface area (Å²) in [5, 5.41) is 23.0. The molecule has 1 aromatic rings. The number of fused-ring (bicyclic) bond motifs is 7. The Bertz CT molecular complexity index is 1480. The van der Waals surface area contributed by atoms with Crippen LogP contribution in [0.3, 0.4) is 0 Å². The van der Waals surface area contributed by atoms with E-state index < -0.39 is 10.6 Å². The lowest BCUT2D eigenvalue weighted by atomic mass is 9.33. The number of ketones is 1. The third-order valence-electron chi connectivity index (χ3n) is 14.7. The number of rotatable bonds is 4. The van der Waals surface area contributed by atoms with E-state index in [1.807, 2.05) is 13.0 Å². The summed E-state index contributed by atoms with van der Waals surface area (Å²) in [4.78, 5) is 40.6. The molecule has 8 heteroatoms. The van der Waals surface area contributed by atoms with E-state index in [0.717, 1.165) is 51.4 Å². The molecule has 0 aliphatic heterocycles. The fourth-order valence-corrected chi connectivity index (χ4v) is 11.8. The number of hydrogen-bond donors (Lipinski definition) is 3. The maximum atomic E-state index is 14.7. The molecule has 252 valence electrons. The zero-order chi connectivity index (χ0) is 33.7. The number of esters is 1. The number of hydrogen-bond acceptors (Lipinski definition) is 6. The van der Waals surface area contributed by atoms with Gasteiger partial charge in [-0.1, -0.05) is 60.1 Å². The van der Waals surface area contributed by atoms with Gasteiger partial charge in [0.15, 0.2) is 11.5 Å². The second-order valence-corrected chi connectivity index (χ2v) is 17.6. The largest absolute Gasteiger partial charge is 0.595 e. The number of nitrogens with one attached hydrogen (secondary N) is 2. The van der Waals surface area contributed by atoms with Gasteiger partial charge in [-0.2, -0.15) is 5.23 Å². The molecule has 10 atom stereocenters. The second kappa shape index (κ2) is 10.7. The first-order valence-electron chi connectivity index (χ1n) is 17.4. The number of amides is 1. The maximum Gasteiger partial charge on any atom is 0.302 e. The summed E-state index contributed by atoms with van der Waals surface area (Å²) in [6.45, 7) is 17.5. The van der Waals surface area contributed by atoms with Crippen molar-refractivity contribution in [2.24, 2.45) is 50.2 Å². The lowest BCUT2D eigenvalue weighted by Gasteiger charge is -2.70. The van der Waals surface area contributed by atoms with Gasteiger partial charge in [0.2, 0.25) is 5.91 Å². The average molecular weight is 635 g/mol. The van der Waals surface area contributed by atoms with Gasteiger partial charge >= 0.3 is 5.97 Å². The summed E-state index contributed by atoms with van der Waals surface area (Å²) in [6, 6.07) is 6.42. The second-order valence-electron chi connectivity index (χ2n) is 17.6. The van der Waals surface area contributed by atoms with Crippen LogP contribution in [0.5, 0.6) is 0 Å². The highest BCUT2D eigenvalue weighted by molar-refractivity contribution is 5.97. The van der Waals surface area contributed by atoms with E-state index in [9.17, 15) is 24.8 Å². The molecule has 1 amide bonds. The molecule has 0 heterocycles. The van der Waals surface area contributed by atoms with Gasteiger partial charge in [0.25, 0.3) is 0 Å². The van der Waals surface area contributed by atoms with Crippen LogP contribution in [-0.4, -0.2) is 29.0 Å². The molecule has 46 heavy (non-hydrogen) atoms. The molecule has 0 spiro atoms. The lowest BCUT2D eigenvalue weighted by Crippen LogP contribution is -2.99. The van der Waals surface area contributed by atoms with E-state index in [-0.39, 0.29) is 74.3 Å². The van der Waals surface area contributed by atoms with Crippen LogP contribution >= 0.6 is 0 Å². The van der Waals surface area contributed by atoms with E-state index >= 15 is 0 Å². The summed E-state index contributed by atoms with van der Waals surface area (Å²) in [7, 11) is 0. The Morgan fingerprint density at radius 2 is 1.67 bits per heavy atom. The molecule has 1 unspecified atom stereocenters. The monoisotopic (exact) mass is 634 g/mol. The lowest BCUT2D eigenvalue weighted by molar-refractivity contribution is -0.991. The third kappa shape index (κ3) is 4.75. The first-order valence-corrected chi connectivity index (χ1v) is 17.4. The molecule has 6 rings (SSSR count). The van der Waals surface area contributed by atoms with Gasteiger partial charge in [0, 0.05) is 41.5 Å². The van der Waals surface area contributed by atoms with Crippen molar-refractivity contribution in [2.75, 3.05) is 5.32 Å². The Hall–Kier alpha value is -2.55. The van der Waals surface area contributed by atoms with Crippen molar-refractivity contribution in [2.45, 2.75) is 119 Å². The summed E-state index contributed by atoms with van der Waals surface area (Å²) in [5.74, 6) is 0.210. The van der Waals surface area contributed by atoms with Gasteiger partial charge in [-0.3, -0.25) is 14.4 Å². The summed E-state index contributed by atoms with van der Waals surface area (Å²) in [6.07, 6.45) is 9.93. The molecular formula is C38H54N2O6. The molecule has 0 bridgehead atoms. The zero-order valence-electron chi connectivity index (χ0n) is 29.0. The zero-order valence-corrected chi connectivity index (χ0v) is 29.0. The number of quaternary nitrogens is 1. The van der Waals surface area contributed by atoms with Crippen LogP contribution in [-0.2, 0) is 19.1 Å². The minimum absolute atomic E-state index is 0.0169. The van der Waals surface area contributed by atoms with Crippen LogP contribution in [0.15, 0.2) is 35.9 Å². The van der Waals surface area contributed by atoms with Crippen molar-refractivity contribution < 1.29 is 29.6 Å². The van der Waals surface area contributed by atoms with Crippen LogP contribution in [0, 0.1) is 55.5 Å². The molecule has 1 aromatic carbocycles. The van der Waals surface area contributed by atoms with Gasteiger partial charge in [-0.25, -0.2) is 5.21 Å². The predicted molar refractivity (Wildman–Crippen MR) is 176 cm³/mol. The third-order valence-corrected chi connectivity index (χ3v) is 14.7. The number of ether oxygens (including phenoxy) is 1. The highest BCUT2D eigenvalue weighted by atomic mass is 16.8. The Labute approximate surface area is 274 Å². The molecular weight excluding hydrogens is 580 g/mol. The first kappa shape index (κ1) is 33.4. The van der Waals surface area contributed by atoms with Crippen LogP contribution in [0.2, 0.25) is 0 Å². The summed E-state index contributed by atoms with van der Waals surface area (Å²) >= 11 is 0. The molecule has 4 saturated carbocycles. The minimum Gasteiger partial charge on any atom is -0.595 e. The van der Waals surface area contributed by atoms with Gasteiger partial charge in [0.1, 0.15) is 6.10 Å². The van der Waals surface area contributed by atoms with E-state index in [1.54, 1.807) is 12.1 Å². The van der Waals surface area contributed by atoms with Crippen molar-refractivity contribution in [3.8, 4) is 0 Å². The number of benzene rings is 1. The number of carbonyl (C=O) groups is 3. The molecule has 5 aliphatic carbocycles. The number of allylic oxidation sites excluding steroid dienone is 2. The molecule has 4 fully saturated rings. The van der Waals surface area contributed by atoms with E-state index in [1.165, 1.54) is 24.6 Å². The molecule has 0 saturated heterocycles. The molecule has 0 aromatic heterocycles. The van der Waals surface area contributed by atoms with Gasteiger partial charge in [-0.15, -0.1) is 0 Å².